The Hall–Kier alpha value is -2.43. The van der Waals surface area contributed by atoms with E-state index in [9.17, 15) is 14.5 Å². The van der Waals surface area contributed by atoms with Crippen molar-refractivity contribution in [3.05, 3.63) is 70.0 Å². The molecule has 0 aromatic heterocycles. The Morgan fingerprint density at radius 1 is 1.17 bits per heavy atom. The topological polar surface area (TPSA) is 52.4 Å². The molecule has 0 radical (unpaired) electrons. The summed E-state index contributed by atoms with van der Waals surface area (Å²) in [6, 6.07) is 12.8. The highest BCUT2D eigenvalue weighted by molar-refractivity contribution is 5.35. The second kappa shape index (κ2) is 5.27. The first-order valence-corrected chi connectivity index (χ1v) is 5.27. The number of nitro benzene ring substituents is 1. The van der Waals surface area contributed by atoms with Crippen LogP contribution < -0.4 is 4.74 Å². The van der Waals surface area contributed by atoms with Crippen LogP contribution >= 0.6 is 0 Å². The summed E-state index contributed by atoms with van der Waals surface area (Å²) in [6.07, 6.45) is 0. The quantitative estimate of drug-likeness (QED) is 0.615. The maximum atomic E-state index is 13.3. The Morgan fingerprint density at radius 3 is 2.50 bits per heavy atom. The predicted molar refractivity (Wildman–Crippen MR) is 63.8 cm³/mol. The largest absolute Gasteiger partial charge is 0.489 e. The maximum Gasteiger partial charge on any atom is 0.304 e. The molecule has 0 heterocycles. The molecule has 0 aliphatic carbocycles. The van der Waals surface area contributed by atoms with Crippen molar-refractivity contribution in [1.82, 2.24) is 0 Å². The molecule has 0 unspecified atom stereocenters. The zero-order valence-corrected chi connectivity index (χ0v) is 9.38. The van der Waals surface area contributed by atoms with Gasteiger partial charge in [-0.3, -0.25) is 10.1 Å². The average Bonchev–Trinajstić information content (AvgIpc) is 2.37. The summed E-state index contributed by atoms with van der Waals surface area (Å²) in [5.41, 5.74) is 0.0143. The van der Waals surface area contributed by atoms with Crippen LogP contribution in [0.2, 0.25) is 0 Å². The van der Waals surface area contributed by atoms with Crippen molar-refractivity contribution in [3.8, 4) is 5.75 Å². The molecule has 92 valence electrons. The number of ether oxygens (including phenoxy) is 1. The number of hydrogen-bond acceptors (Lipinski definition) is 3. The molecule has 0 amide bonds. The SMILES string of the molecule is O=[N+]([O-])c1ccc(COc2ccccc2)cc1F. The highest BCUT2D eigenvalue weighted by atomic mass is 19.1. The molecular weight excluding hydrogens is 237 g/mol. The lowest BCUT2D eigenvalue weighted by atomic mass is 10.2. The summed E-state index contributed by atoms with van der Waals surface area (Å²) >= 11 is 0. The number of para-hydroxylation sites is 1. The molecule has 2 rings (SSSR count). The number of halogens is 1. The van der Waals surface area contributed by atoms with Crippen molar-refractivity contribution >= 4 is 5.69 Å². The first kappa shape index (κ1) is 12.0. The summed E-state index contributed by atoms with van der Waals surface area (Å²) < 4.78 is 18.7. The van der Waals surface area contributed by atoms with E-state index in [4.69, 9.17) is 4.74 Å². The van der Waals surface area contributed by atoms with E-state index in [1.54, 1.807) is 12.1 Å². The molecule has 18 heavy (non-hydrogen) atoms. The summed E-state index contributed by atoms with van der Waals surface area (Å²) in [7, 11) is 0. The molecule has 5 heteroatoms. The Labute approximate surface area is 103 Å². The van der Waals surface area contributed by atoms with E-state index in [1.807, 2.05) is 18.2 Å². The van der Waals surface area contributed by atoms with Crippen LogP contribution in [0.3, 0.4) is 0 Å². The fourth-order valence-electron chi connectivity index (χ4n) is 1.47. The third-order valence-electron chi connectivity index (χ3n) is 2.36. The molecule has 0 saturated heterocycles. The van der Waals surface area contributed by atoms with Gasteiger partial charge in [0.2, 0.25) is 5.82 Å². The minimum atomic E-state index is -0.853. The van der Waals surface area contributed by atoms with Gasteiger partial charge in [0.15, 0.2) is 0 Å². The fraction of sp³-hybridized carbons (Fsp3) is 0.0769. The van der Waals surface area contributed by atoms with Crippen molar-refractivity contribution in [1.29, 1.82) is 0 Å². The number of benzene rings is 2. The average molecular weight is 247 g/mol. The maximum absolute atomic E-state index is 13.3. The van der Waals surface area contributed by atoms with Crippen LogP contribution in [0.5, 0.6) is 5.75 Å². The van der Waals surface area contributed by atoms with E-state index in [0.717, 1.165) is 12.1 Å². The zero-order chi connectivity index (χ0) is 13.0. The lowest BCUT2D eigenvalue weighted by molar-refractivity contribution is -0.387. The number of nitro groups is 1. The van der Waals surface area contributed by atoms with Gasteiger partial charge < -0.3 is 4.74 Å². The lowest BCUT2D eigenvalue weighted by Crippen LogP contribution is -1.98. The molecule has 0 fully saturated rings. The molecular formula is C13H10FNO3. The normalized spacial score (nSPS) is 10.1. The summed E-state index contributed by atoms with van der Waals surface area (Å²) in [5, 5.41) is 10.4. The first-order valence-electron chi connectivity index (χ1n) is 5.27. The Morgan fingerprint density at radius 2 is 1.89 bits per heavy atom. The molecule has 0 bridgehead atoms. The number of rotatable bonds is 4. The second-order valence-electron chi connectivity index (χ2n) is 3.64. The van der Waals surface area contributed by atoms with Crippen LogP contribution in [-0.2, 0) is 6.61 Å². The fourth-order valence-corrected chi connectivity index (χ4v) is 1.47. The monoisotopic (exact) mass is 247 g/mol. The van der Waals surface area contributed by atoms with Gasteiger partial charge in [0.1, 0.15) is 12.4 Å². The van der Waals surface area contributed by atoms with Gasteiger partial charge in [-0.1, -0.05) is 18.2 Å². The van der Waals surface area contributed by atoms with Gasteiger partial charge in [-0.05, 0) is 29.8 Å². The summed E-state index contributed by atoms with van der Waals surface area (Å²) in [5.74, 6) is -0.189. The van der Waals surface area contributed by atoms with Gasteiger partial charge in [-0.25, -0.2) is 0 Å². The van der Waals surface area contributed by atoms with E-state index < -0.39 is 16.4 Å². The zero-order valence-electron chi connectivity index (χ0n) is 9.38. The van der Waals surface area contributed by atoms with Gasteiger partial charge in [-0.2, -0.15) is 4.39 Å². The third kappa shape index (κ3) is 2.82. The number of hydrogen-bond donors (Lipinski definition) is 0. The smallest absolute Gasteiger partial charge is 0.304 e. The van der Waals surface area contributed by atoms with Crippen LogP contribution in [0.4, 0.5) is 10.1 Å². The van der Waals surface area contributed by atoms with Crippen LogP contribution in [-0.4, -0.2) is 4.92 Å². The third-order valence-corrected chi connectivity index (χ3v) is 2.36. The predicted octanol–water partition coefficient (Wildman–Crippen LogP) is 3.31. The van der Waals surface area contributed by atoms with E-state index in [1.165, 1.54) is 6.07 Å². The van der Waals surface area contributed by atoms with Crippen molar-refractivity contribution in [3.63, 3.8) is 0 Å². The minimum absolute atomic E-state index is 0.166. The van der Waals surface area contributed by atoms with Crippen LogP contribution in [0.25, 0.3) is 0 Å². The van der Waals surface area contributed by atoms with Crippen LogP contribution in [0.1, 0.15) is 5.56 Å². The van der Waals surface area contributed by atoms with Gasteiger partial charge in [0.05, 0.1) is 4.92 Å². The highest BCUT2D eigenvalue weighted by Gasteiger charge is 2.13. The van der Waals surface area contributed by atoms with Crippen molar-refractivity contribution in [2.24, 2.45) is 0 Å². The van der Waals surface area contributed by atoms with Crippen LogP contribution in [0.15, 0.2) is 48.5 Å². The van der Waals surface area contributed by atoms with Crippen molar-refractivity contribution in [2.75, 3.05) is 0 Å². The second-order valence-corrected chi connectivity index (χ2v) is 3.64. The Balaban J connectivity index is 2.07. The minimum Gasteiger partial charge on any atom is -0.489 e. The summed E-state index contributed by atoms with van der Waals surface area (Å²) in [4.78, 5) is 9.69. The van der Waals surface area contributed by atoms with E-state index in [0.29, 0.717) is 11.3 Å². The molecule has 4 nitrogen and oxygen atoms in total. The number of nitrogens with zero attached hydrogens (tertiary/aromatic N) is 1. The molecule has 0 saturated carbocycles. The van der Waals surface area contributed by atoms with Crippen molar-refractivity contribution in [2.45, 2.75) is 6.61 Å². The highest BCUT2D eigenvalue weighted by Crippen LogP contribution is 2.19. The molecule has 0 aliphatic rings. The van der Waals surface area contributed by atoms with Gasteiger partial charge in [-0.15, -0.1) is 0 Å². The van der Waals surface area contributed by atoms with E-state index >= 15 is 0 Å². The molecule has 0 atom stereocenters. The van der Waals surface area contributed by atoms with Gasteiger partial charge in [0, 0.05) is 6.07 Å². The lowest BCUT2D eigenvalue weighted by Gasteiger charge is -2.05. The van der Waals surface area contributed by atoms with Gasteiger partial charge >= 0.3 is 5.69 Å². The summed E-state index contributed by atoms with van der Waals surface area (Å²) in [6.45, 7) is 0.166. The Bertz CT molecular complexity index is 557. The van der Waals surface area contributed by atoms with E-state index in [2.05, 4.69) is 0 Å². The molecule has 0 spiro atoms. The Kier molecular flexibility index (Phi) is 3.52. The molecule has 0 N–H and O–H groups in total. The van der Waals surface area contributed by atoms with Crippen molar-refractivity contribution < 1.29 is 14.1 Å². The molecule has 2 aromatic rings. The first-order chi connectivity index (χ1) is 8.66. The molecule has 0 aliphatic heterocycles. The van der Waals surface area contributed by atoms with Gasteiger partial charge in [0.25, 0.3) is 0 Å². The standard InChI is InChI=1S/C13H10FNO3/c14-12-8-10(6-7-13(12)15(16)17)9-18-11-4-2-1-3-5-11/h1-8H,9H2. The molecule has 2 aromatic carbocycles. The van der Waals surface area contributed by atoms with Crippen LogP contribution in [0, 0.1) is 15.9 Å². The van der Waals surface area contributed by atoms with E-state index in [-0.39, 0.29) is 6.61 Å².